The van der Waals surface area contributed by atoms with Gasteiger partial charge in [0.05, 0.1) is 13.1 Å². The van der Waals surface area contributed by atoms with Crippen molar-refractivity contribution in [1.82, 2.24) is 10.2 Å². The largest absolute Gasteiger partial charge is 0.471 e. The maximum atomic E-state index is 12.7. The highest BCUT2D eigenvalue weighted by Crippen LogP contribution is 2.26. The van der Waals surface area contributed by atoms with Gasteiger partial charge in [-0.3, -0.25) is 14.5 Å². The molecule has 2 saturated heterocycles. The van der Waals surface area contributed by atoms with E-state index in [1.54, 1.807) is 12.1 Å². The number of likely N-dealkylation sites (tertiary alicyclic amines) is 1. The van der Waals surface area contributed by atoms with Gasteiger partial charge in [0.15, 0.2) is 0 Å². The first kappa shape index (κ1) is 20.0. The van der Waals surface area contributed by atoms with E-state index >= 15 is 0 Å². The number of amides is 3. The van der Waals surface area contributed by atoms with Gasteiger partial charge in [-0.15, -0.1) is 0 Å². The molecular formula is C18H20F3N3O4. The molecule has 7 nitrogen and oxygen atoms in total. The molecular weight excluding hydrogens is 379 g/mol. The number of nitrogens with zero attached hydrogens (tertiary/aromatic N) is 2. The first-order chi connectivity index (χ1) is 13.2. The molecule has 1 aromatic carbocycles. The number of halogens is 3. The van der Waals surface area contributed by atoms with Crippen LogP contribution in [0.4, 0.5) is 23.7 Å². The number of carbonyl (C=O) groups is 3. The van der Waals surface area contributed by atoms with E-state index in [1.165, 1.54) is 4.90 Å². The van der Waals surface area contributed by atoms with Gasteiger partial charge in [-0.2, -0.15) is 13.2 Å². The Morgan fingerprint density at radius 1 is 1.25 bits per heavy atom. The Bertz CT molecular complexity index is 766. The topological polar surface area (TPSA) is 79.0 Å². The molecule has 2 fully saturated rings. The van der Waals surface area contributed by atoms with Crippen molar-refractivity contribution in [2.75, 3.05) is 24.5 Å². The van der Waals surface area contributed by atoms with E-state index < -0.39 is 36.2 Å². The monoisotopic (exact) mass is 399 g/mol. The van der Waals surface area contributed by atoms with Gasteiger partial charge in [0.2, 0.25) is 5.91 Å². The molecule has 1 aromatic rings. The van der Waals surface area contributed by atoms with E-state index in [0.717, 1.165) is 5.56 Å². The highest BCUT2D eigenvalue weighted by Gasteiger charge is 2.47. The quantitative estimate of drug-likeness (QED) is 0.840. The molecule has 2 unspecified atom stereocenters. The fourth-order valence-electron chi connectivity index (χ4n) is 3.34. The molecule has 0 radical (unpaired) electrons. The fraction of sp³-hybridized carbons (Fsp3) is 0.500. The second-order valence-electron chi connectivity index (χ2n) is 6.85. The van der Waals surface area contributed by atoms with Crippen molar-refractivity contribution in [2.24, 2.45) is 0 Å². The number of nitrogens with one attached hydrogen (secondary N) is 1. The Morgan fingerprint density at radius 2 is 1.93 bits per heavy atom. The molecule has 152 valence electrons. The summed E-state index contributed by atoms with van der Waals surface area (Å²) in [6.07, 6.45) is -5.73. The van der Waals surface area contributed by atoms with Crippen LogP contribution < -0.4 is 10.2 Å². The maximum absolute atomic E-state index is 12.7. The van der Waals surface area contributed by atoms with E-state index in [0.29, 0.717) is 17.0 Å². The lowest BCUT2D eigenvalue weighted by atomic mass is 10.2. The molecule has 2 aliphatic heterocycles. The molecule has 2 atom stereocenters. The predicted octanol–water partition coefficient (Wildman–Crippen LogP) is 1.99. The van der Waals surface area contributed by atoms with E-state index in [2.05, 4.69) is 5.32 Å². The van der Waals surface area contributed by atoms with Gasteiger partial charge in [0.25, 0.3) is 0 Å². The normalized spacial score (nSPS) is 22.4. The van der Waals surface area contributed by atoms with Gasteiger partial charge < -0.3 is 15.0 Å². The molecule has 0 bridgehead atoms. The smallest absolute Gasteiger partial charge is 0.442 e. The summed E-state index contributed by atoms with van der Waals surface area (Å²) >= 11 is 0. The molecule has 1 N–H and O–H groups in total. The molecule has 10 heteroatoms. The van der Waals surface area contributed by atoms with Gasteiger partial charge in [0, 0.05) is 12.2 Å². The molecule has 0 aliphatic carbocycles. The number of carbonyl (C=O) groups excluding carboxylic acids is 3. The van der Waals surface area contributed by atoms with Crippen LogP contribution in [0, 0.1) is 6.92 Å². The summed E-state index contributed by atoms with van der Waals surface area (Å²) in [5.74, 6) is -2.69. The van der Waals surface area contributed by atoms with E-state index in [9.17, 15) is 27.6 Å². The molecule has 3 rings (SSSR count). The van der Waals surface area contributed by atoms with Crippen molar-refractivity contribution < 1.29 is 32.3 Å². The minimum atomic E-state index is -5.02. The summed E-state index contributed by atoms with van der Waals surface area (Å²) in [5.41, 5.74) is 1.69. The van der Waals surface area contributed by atoms with Crippen LogP contribution in [0.25, 0.3) is 0 Å². The highest BCUT2D eigenvalue weighted by atomic mass is 19.4. The lowest BCUT2D eigenvalue weighted by molar-refractivity contribution is -0.186. The van der Waals surface area contributed by atoms with Crippen LogP contribution in [0.3, 0.4) is 0 Å². The molecule has 28 heavy (non-hydrogen) atoms. The van der Waals surface area contributed by atoms with Gasteiger partial charge in [-0.1, -0.05) is 17.7 Å². The molecule has 0 saturated carbocycles. The third-order valence-corrected chi connectivity index (χ3v) is 4.78. The van der Waals surface area contributed by atoms with Crippen molar-refractivity contribution in [3.63, 3.8) is 0 Å². The van der Waals surface area contributed by atoms with Crippen molar-refractivity contribution in [3.8, 4) is 0 Å². The average Bonchev–Trinajstić information content (AvgIpc) is 3.26. The Hall–Kier alpha value is -2.78. The number of ether oxygens (including phenoxy) is 1. The molecule has 3 amide bonds. The molecule has 2 aliphatic rings. The van der Waals surface area contributed by atoms with Crippen LogP contribution in [0.2, 0.25) is 0 Å². The third kappa shape index (κ3) is 4.20. The Morgan fingerprint density at radius 3 is 2.57 bits per heavy atom. The number of rotatable bonds is 4. The Balaban J connectivity index is 1.55. The first-order valence-corrected chi connectivity index (χ1v) is 8.87. The highest BCUT2D eigenvalue weighted by molar-refractivity contribution is 5.91. The number of cyclic esters (lactones) is 1. The van der Waals surface area contributed by atoms with Gasteiger partial charge in [-0.05, 0) is 31.9 Å². The average molecular weight is 399 g/mol. The first-order valence-electron chi connectivity index (χ1n) is 8.87. The maximum Gasteiger partial charge on any atom is 0.471 e. The summed E-state index contributed by atoms with van der Waals surface area (Å²) < 4.78 is 43.2. The molecule has 0 spiro atoms. The van der Waals surface area contributed by atoms with Crippen molar-refractivity contribution in [2.45, 2.75) is 38.1 Å². The van der Waals surface area contributed by atoms with Crippen LogP contribution in [0.5, 0.6) is 0 Å². The minimum absolute atomic E-state index is 0.0442. The number of hydrogen-bond donors (Lipinski definition) is 1. The second-order valence-corrected chi connectivity index (χ2v) is 6.85. The zero-order valence-corrected chi connectivity index (χ0v) is 15.2. The van der Waals surface area contributed by atoms with Crippen LogP contribution in [-0.2, 0) is 14.3 Å². The summed E-state index contributed by atoms with van der Waals surface area (Å²) in [7, 11) is 0. The lowest BCUT2D eigenvalue weighted by Gasteiger charge is -2.25. The van der Waals surface area contributed by atoms with E-state index in [-0.39, 0.29) is 26.1 Å². The Kier molecular flexibility index (Phi) is 5.48. The summed E-state index contributed by atoms with van der Waals surface area (Å²) in [5, 5.41) is 2.50. The van der Waals surface area contributed by atoms with Gasteiger partial charge in [0.1, 0.15) is 12.1 Å². The summed E-state index contributed by atoms with van der Waals surface area (Å²) in [4.78, 5) is 37.7. The Labute approximate surface area is 159 Å². The number of alkyl halides is 3. The zero-order chi connectivity index (χ0) is 20.5. The van der Waals surface area contributed by atoms with E-state index in [4.69, 9.17) is 4.74 Å². The third-order valence-electron chi connectivity index (χ3n) is 4.78. The minimum Gasteiger partial charge on any atom is -0.442 e. The lowest BCUT2D eigenvalue weighted by Crippen LogP contribution is -2.51. The second kappa shape index (κ2) is 7.69. The molecule has 0 aromatic heterocycles. The number of anilines is 1. The number of hydrogen-bond acceptors (Lipinski definition) is 4. The van der Waals surface area contributed by atoms with Crippen LogP contribution >= 0.6 is 0 Å². The predicted molar refractivity (Wildman–Crippen MR) is 92.6 cm³/mol. The van der Waals surface area contributed by atoms with Gasteiger partial charge in [-0.25, -0.2) is 4.79 Å². The van der Waals surface area contributed by atoms with Crippen molar-refractivity contribution >= 4 is 23.6 Å². The summed E-state index contributed by atoms with van der Waals surface area (Å²) in [6, 6.07) is 6.08. The zero-order valence-electron chi connectivity index (χ0n) is 15.2. The molecule has 2 heterocycles. The van der Waals surface area contributed by atoms with E-state index in [1.807, 2.05) is 19.1 Å². The summed E-state index contributed by atoms with van der Waals surface area (Å²) in [6.45, 7) is 1.96. The number of benzene rings is 1. The standard InChI is InChI=1S/C18H20F3N3O4/c1-11-4-6-12(7-5-11)24-10-13(28-17(24)27)9-22-15(25)14-3-2-8-23(14)16(26)18(19,20)21/h4-7,13-14H,2-3,8-10H2,1H3,(H,22,25). The van der Waals surface area contributed by atoms with Crippen LogP contribution in [0.15, 0.2) is 24.3 Å². The van der Waals surface area contributed by atoms with Crippen LogP contribution in [0.1, 0.15) is 18.4 Å². The number of aryl methyl sites for hydroxylation is 1. The SMILES string of the molecule is Cc1ccc(N2CC(CNC(=O)C3CCCN3C(=O)C(F)(F)F)OC2=O)cc1. The fourth-order valence-corrected chi connectivity index (χ4v) is 3.34. The van der Waals surface area contributed by atoms with Crippen molar-refractivity contribution in [3.05, 3.63) is 29.8 Å². The van der Waals surface area contributed by atoms with Crippen molar-refractivity contribution in [1.29, 1.82) is 0 Å². The van der Waals surface area contributed by atoms with Gasteiger partial charge >= 0.3 is 18.2 Å². The van der Waals surface area contributed by atoms with Crippen LogP contribution in [-0.4, -0.2) is 60.8 Å².